The molecule has 6 nitrogen and oxygen atoms in total. The lowest BCUT2D eigenvalue weighted by Gasteiger charge is -2.23. The average molecular weight is 314 g/mol. The third-order valence-electron chi connectivity index (χ3n) is 3.27. The van der Waals surface area contributed by atoms with Crippen molar-refractivity contribution in [3.63, 3.8) is 0 Å². The van der Waals surface area contributed by atoms with E-state index in [2.05, 4.69) is 10.1 Å². The highest BCUT2D eigenvalue weighted by Crippen LogP contribution is 2.23. The Hall–Kier alpha value is -1.63. The van der Waals surface area contributed by atoms with Crippen molar-refractivity contribution in [3.8, 4) is 0 Å². The number of nitrogens with one attached hydrogen (secondary N) is 2. The number of hydrogen-bond donors (Lipinski definition) is 2. The van der Waals surface area contributed by atoms with Crippen LogP contribution in [-0.2, 0) is 14.3 Å². The molecule has 21 heavy (non-hydrogen) atoms. The number of carbonyl (C=O) groups excluding carboxylic acids is 2. The van der Waals surface area contributed by atoms with Crippen molar-refractivity contribution >= 4 is 29.2 Å². The Morgan fingerprint density at radius 1 is 1.38 bits per heavy atom. The summed E-state index contributed by atoms with van der Waals surface area (Å²) in [6, 6.07) is 4.63. The van der Waals surface area contributed by atoms with E-state index >= 15 is 0 Å². The molecule has 1 aliphatic heterocycles. The fourth-order valence-corrected chi connectivity index (χ4v) is 2.29. The molecule has 0 spiro atoms. The van der Waals surface area contributed by atoms with Gasteiger partial charge in [0, 0.05) is 0 Å². The van der Waals surface area contributed by atoms with Crippen LogP contribution in [0.2, 0.25) is 5.02 Å². The second kappa shape index (κ2) is 7.40. The van der Waals surface area contributed by atoms with Crippen molar-refractivity contribution in [2.75, 3.05) is 45.3 Å². The summed E-state index contributed by atoms with van der Waals surface area (Å²) in [6.07, 6.45) is 0. The van der Waals surface area contributed by atoms with E-state index in [0.29, 0.717) is 36.0 Å². The first-order valence-corrected chi connectivity index (χ1v) is 7.07. The molecule has 1 fully saturated rings. The van der Waals surface area contributed by atoms with Gasteiger partial charge in [0.05, 0.1) is 36.6 Å². The van der Waals surface area contributed by atoms with Crippen LogP contribution in [0.3, 0.4) is 0 Å². The Morgan fingerprint density at radius 3 is 2.76 bits per heavy atom. The zero-order chi connectivity index (χ0) is 15.2. The van der Waals surface area contributed by atoms with Gasteiger partial charge in [-0.2, -0.15) is 0 Å². The number of esters is 1. The van der Waals surface area contributed by atoms with Gasteiger partial charge in [0.15, 0.2) is 6.54 Å². The minimum absolute atomic E-state index is 0.143. The number of anilines is 1. The van der Waals surface area contributed by atoms with Gasteiger partial charge in [0.1, 0.15) is 13.1 Å². The van der Waals surface area contributed by atoms with Crippen LogP contribution < -0.4 is 10.2 Å². The first-order valence-electron chi connectivity index (χ1n) is 6.69. The molecule has 1 saturated heterocycles. The maximum Gasteiger partial charge on any atom is 0.337 e. The minimum atomic E-state index is -0.471. The summed E-state index contributed by atoms with van der Waals surface area (Å²) in [7, 11) is 1.30. The highest BCUT2D eigenvalue weighted by molar-refractivity contribution is 6.33. The standard InChI is InChI=1S/C14H17ClN2O4/c1-20-14(19)10-2-3-11(15)12(8-10)16-13(18)9-17-4-6-21-7-5-17/h2-3,8H,4-7,9H2,1H3,(H,16,18)/p+1. The molecule has 0 bridgehead atoms. The lowest BCUT2D eigenvalue weighted by atomic mass is 10.2. The number of ether oxygens (including phenoxy) is 2. The summed E-state index contributed by atoms with van der Waals surface area (Å²) < 4.78 is 9.89. The van der Waals surface area contributed by atoms with Crippen LogP contribution in [0.25, 0.3) is 0 Å². The molecule has 2 rings (SSSR count). The summed E-state index contributed by atoms with van der Waals surface area (Å²) in [4.78, 5) is 24.7. The fraction of sp³-hybridized carbons (Fsp3) is 0.429. The first-order chi connectivity index (χ1) is 10.1. The normalized spacial score (nSPS) is 15.5. The average Bonchev–Trinajstić information content (AvgIpc) is 2.49. The van der Waals surface area contributed by atoms with Crippen molar-refractivity contribution in [2.24, 2.45) is 0 Å². The van der Waals surface area contributed by atoms with E-state index in [-0.39, 0.29) is 5.91 Å². The van der Waals surface area contributed by atoms with E-state index in [1.807, 2.05) is 0 Å². The molecule has 7 heteroatoms. The molecule has 0 radical (unpaired) electrons. The summed E-state index contributed by atoms with van der Waals surface area (Å²) in [6.45, 7) is 3.30. The Balaban J connectivity index is 2.00. The maximum atomic E-state index is 12.0. The van der Waals surface area contributed by atoms with Crippen molar-refractivity contribution in [3.05, 3.63) is 28.8 Å². The van der Waals surface area contributed by atoms with Gasteiger partial charge in [-0.05, 0) is 18.2 Å². The number of morpholine rings is 1. The van der Waals surface area contributed by atoms with Gasteiger partial charge in [0.25, 0.3) is 5.91 Å². The maximum absolute atomic E-state index is 12.0. The number of rotatable bonds is 4. The number of amides is 1. The summed E-state index contributed by atoms with van der Waals surface area (Å²) in [5.41, 5.74) is 0.758. The summed E-state index contributed by atoms with van der Waals surface area (Å²) >= 11 is 6.04. The van der Waals surface area contributed by atoms with Crippen molar-refractivity contribution in [1.82, 2.24) is 0 Å². The van der Waals surface area contributed by atoms with Gasteiger partial charge >= 0.3 is 5.97 Å². The lowest BCUT2D eigenvalue weighted by molar-refractivity contribution is -0.899. The van der Waals surface area contributed by atoms with E-state index in [0.717, 1.165) is 13.1 Å². The zero-order valence-electron chi connectivity index (χ0n) is 11.8. The molecule has 1 amide bonds. The predicted octanol–water partition coefficient (Wildman–Crippen LogP) is -0.0198. The Labute approximate surface area is 128 Å². The van der Waals surface area contributed by atoms with Gasteiger partial charge in [-0.15, -0.1) is 0 Å². The smallest absolute Gasteiger partial charge is 0.337 e. The predicted molar refractivity (Wildman–Crippen MR) is 77.8 cm³/mol. The van der Waals surface area contributed by atoms with Gasteiger partial charge in [-0.25, -0.2) is 4.79 Å². The number of hydrogen-bond acceptors (Lipinski definition) is 4. The molecule has 1 heterocycles. The molecule has 0 aliphatic carbocycles. The Bertz CT molecular complexity index is 530. The molecular weight excluding hydrogens is 296 g/mol. The van der Waals surface area contributed by atoms with Crippen LogP contribution >= 0.6 is 11.6 Å². The van der Waals surface area contributed by atoms with E-state index in [4.69, 9.17) is 16.3 Å². The molecule has 0 atom stereocenters. The Morgan fingerprint density at radius 2 is 2.10 bits per heavy atom. The van der Waals surface area contributed by atoms with Crippen LogP contribution in [0, 0.1) is 0 Å². The molecule has 1 aromatic rings. The van der Waals surface area contributed by atoms with Gasteiger partial charge < -0.3 is 19.7 Å². The van der Waals surface area contributed by atoms with E-state index < -0.39 is 5.97 Å². The first kappa shape index (κ1) is 15.8. The van der Waals surface area contributed by atoms with Crippen LogP contribution in [0.1, 0.15) is 10.4 Å². The van der Waals surface area contributed by atoms with Crippen molar-refractivity contribution < 1.29 is 24.0 Å². The van der Waals surface area contributed by atoms with Crippen molar-refractivity contribution in [2.45, 2.75) is 0 Å². The minimum Gasteiger partial charge on any atom is -0.465 e. The van der Waals surface area contributed by atoms with Crippen LogP contribution in [0.5, 0.6) is 0 Å². The topological polar surface area (TPSA) is 69.1 Å². The largest absolute Gasteiger partial charge is 0.465 e. The second-order valence-electron chi connectivity index (χ2n) is 4.77. The zero-order valence-corrected chi connectivity index (χ0v) is 12.5. The van der Waals surface area contributed by atoms with Crippen LogP contribution in [0.4, 0.5) is 5.69 Å². The van der Waals surface area contributed by atoms with Crippen LogP contribution in [0.15, 0.2) is 18.2 Å². The second-order valence-corrected chi connectivity index (χ2v) is 5.18. The molecule has 0 saturated carbocycles. The van der Waals surface area contributed by atoms with Gasteiger partial charge in [-0.3, -0.25) is 4.79 Å². The number of benzene rings is 1. The number of halogens is 1. The molecular formula is C14H18ClN2O4+. The van der Waals surface area contributed by atoms with E-state index in [9.17, 15) is 9.59 Å². The molecule has 0 unspecified atom stereocenters. The number of carbonyl (C=O) groups is 2. The van der Waals surface area contributed by atoms with Crippen LogP contribution in [-0.4, -0.2) is 51.8 Å². The van der Waals surface area contributed by atoms with E-state index in [1.165, 1.54) is 18.1 Å². The summed E-state index contributed by atoms with van der Waals surface area (Å²) in [5.74, 6) is -0.614. The lowest BCUT2D eigenvalue weighted by Crippen LogP contribution is -3.15. The monoisotopic (exact) mass is 313 g/mol. The highest BCUT2D eigenvalue weighted by Gasteiger charge is 2.18. The third kappa shape index (κ3) is 4.42. The summed E-state index contributed by atoms with van der Waals surface area (Å²) in [5, 5.41) is 3.12. The third-order valence-corrected chi connectivity index (χ3v) is 3.60. The number of methoxy groups -OCH3 is 1. The Kier molecular flexibility index (Phi) is 5.55. The number of quaternary nitrogens is 1. The molecule has 1 aliphatic rings. The quantitative estimate of drug-likeness (QED) is 0.767. The molecule has 2 N–H and O–H groups in total. The van der Waals surface area contributed by atoms with Gasteiger partial charge in [-0.1, -0.05) is 11.6 Å². The van der Waals surface area contributed by atoms with E-state index in [1.54, 1.807) is 12.1 Å². The van der Waals surface area contributed by atoms with Gasteiger partial charge in [0.2, 0.25) is 0 Å². The SMILES string of the molecule is COC(=O)c1ccc(Cl)c(NC(=O)C[NH+]2CCOCC2)c1. The molecule has 1 aromatic carbocycles. The highest BCUT2D eigenvalue weighted by atomic mass is 35.5. The van der Waals surface area contributed by atoms with Crippen molar-refractivity contribution in [1.29, 1.82) is 0 Å². The molecule has 114 valence electrons. The molecule has 0 aromatic heterocycles. The fourth-order valence-electron chi connectivity index (χ4n) is 2.12.